The van der Waals surface area contributed by atoms with Crippen LogP contribution in [0.3, 0.4) is 0 Å². The Labute approximate surface area is 120 Å². The Kier molecular flexibility index (Phi) is 3.93. The van der Waals surface area contributed by atoms with Crippen LogP contribution in [0, 0.1) is 27.7 Å². The van der Waals surface area contributed by atoms with Gasteiger partial charge in [-0.2, -0.15) is 0 Å². The van der Waals surface area contributed by atoms with Gasteiger partial charge >= 0.3 is 0 Å². The zero-order valence-corrected chi connectivity index (χ0v) is 12.7. The van der Waals surface area contributed by atoms with Crippen molar-refractivity contribution in [3.05, 3.63) is 63.7 Å². The highest BCUT2D eigenvalue weighted by Crippen LogP contribution is 2.24. The predicted octanol–water partition coefficient (Wildman–Crippen LogP) is 4.16. The molecule has 0 spiro atoms. The number of methoxy groups -OCH3 is 1. The molecule has 2 rings (SSSR count). The minimum Gasteiger partial charge on any atom is -0.496 e. The van der Waals surface area contributed by atoms with E-state index in [1.54, 1.807) is 7.11 Å². The molecular formula is C18H20O2. The first kappa shape index (κ1) is 14.3. The minimum atomic E-state index is 0.0540. The molecule has 0 unspecified atom stereocenters. The first-order valence-corrected chi connectivity index (χ1v) is 6.71. The van der Waals surface area contributed by atoms with Crippen LogP contribution in [0.2, 0.25) is 0 Å². The molecule has 0 aliphatic rings. The van der Waals surface area contributed by atoms with E-state index in [9.17, 15) is 4.79 Å². The molecule has 0 amide bonds. The average molecular weight is 268 g/mol. The lowest BCUT2D eigenvalue weighted by atomic mass is 9.93. The molecule has 0 bridgehead atoms. The third-order valence-corrected chi connectivity index (χ3v) is 3.57. The van der Waals surface area contributed by atoms with Gasteiger partial charge in [-0.15, -0.1) is 0 Å². The fourth-order valence-electron chi connectivity index (χ4n) is 2.64. The Balaban J connectivity index is 2.52. The Bertz CT molecular complexity index is 646. The van der Waals surface area contributed by atoms with Crippen molar-refractivity contribution < 1.29 is 9.53 Å². The third kappa shape index (κ3) is 2.60. The van der Waals surface area contributed by atoms with Gasteiger partial charge in [0.1, 0.15) is 5.75 Å². The molecule has 0 aromatic heterocycles. The Morgan fingerprint density at radius 2 is 1.50 bits per heavy atom. The van der Waals surface area contributed by atoms with Crippen molar-refractivity contribution in [2.45, 2.75) is 27.7 Å². The van der Waals surface area contributed by atoms with Crippen LogP contribution in [-0.2, 0) is 0 Å². The molecule has 104 valence electrons. The first-order chi connectivity index (χ1) is 9.43. The molecule has 0 radical (unpaired) electrons. The number of hydrogen-bond acceptors (Lipinski definition) is 2. The van der Waals surface area contributed by atoms with Crippen LogP contribution in [0.5, 0.6) is 5.75 Å². The maximum Gasteiger partial charge on any atom is 0.193 e. The van der Waals surface area contributed by atoms with Gasteiger partial charge in [0, 0.05) is 11.1 Å². The van der Waals surface area contributed by atoms with E-state index < -0.39 is 0 Å². The van der Waals surface area contributed by atoms with Crippen molar-refractivity contribution in [3.63, 3.8) is 0 Å². The SMILES string of the molecule is COc1cc(C(=O)c2c(C)cc(C)cc2C)ccc1C. The lowest BCUT2D eigenvalue weighted by Crippen LogP contribution is -2.07. The zero-order valence-electron chi connectivity index (χ0n) is 12.7. The summed E-state index contributed by atoms with van der Waals surface area (Å²) in [5.41, 5.74) is 5.71. The van der Waals surface area contributed by atoms with Crippen molar-refractivity contribution in [2.24, 2.45) is 0 Å². The van der Waals surface area contributed by atoms with Gasteiger partial charge in [0.15, 0.2) is 5.78 Å². The molecule has 0 atom stereocenters. The van der Waals surface area contributed by atoms with E-state index in [1.807, 2.05) is 58.0 Å². The van der Waals surface area contributed by atoms with Gasteiger partial charge in [0.2, 0.25) is 0 Å². The summed E-state index contributed by atoms with van der Waals surface area (Å²) < 4.78 is 5.30. The lowest BCUT2D eigenvalue weighted by molar-refractivity contribution is 0.103. The molecule has 0 fully saturated rings. The maximum absolute atomic E-state index is 12.7. The molecule has 0 N–H and O–H groups in total. The van der Waals surface area contributed by atoms with Crippen molar-refractivity contribution >= 4 is 5.78 Å². The number of ether oxygens (including phenoxy) is 1. The van der Waals surface area contributed by atoms with Crippen LogP contribution in [0.4, 0.5) is 0 Å². The second-order valence-electron chi connectivity index (χ2n) is 5.29. The van der Waals surface area contributed by atoms with E-state index in [-0.39, 0.29) is 5.78 Å². The van der Waals surface area contributed by atoms with Crippen LogP contribution < -0.4 is 4.74 Å². The number of aryl methyl sites for hydroxylation is 4. The number of benzene rings is 2. The van der Waals surface area contributed by atoms with Gasteiger partial charge in [-0.25, -0.2) is 0 Å². The third-order valence-electron chi connectivity index (χ3n) is 3.57. The zero-order chi connectivity index (χ0) is 14.9. The summed E-state index contributed by atoms with van der Waals surface area (Å²) in [4.78, 5) is 12.7. The highest BCUT2D eigenvalue weighted by Gasteiger charge is 2.16. The van der Waals surface area contributed by atoms with E-state index in [2.05, 4.69) is 0 Å². The van der Waals surface area contributed by atoms with E-state index >= 15 is 0 Å². The second-order valence-corrected chi connectivity index (χ2v) is 5.29. The van der Waals surface area contributed by atoms with Gasteiger partial charge in [0.05, 0.1) is 7.11 Å². The Hall–Kier alpha value is -2.09. The molecular weight excluding hydrogens is 248 g/mol. The Morgan fingerprint density at radius 3 is 2.05 bits per heavy atom. The number of carbonyl (C=O) groups excluding carboxylic acids is 1. The summed E-state index contributed by atoms with van der Waals surface area (Å²) in [6, 6.07) is 9.69. The predicted molar refractivity (Wildman–Crippen MR) is 81.8 cm³/mol. The molecule has 0 aliphatic carbocycles. The molecule has 20 heavy (non-hydrogen) atoms. The first-order valence-electron chi connectivity index (χ1n) is 6.71. The smallest absolute Gasteiger partial charge is 0.193 e. The molecule has 2 aromatic rings. The summed E-state index contributed by atoms with van der Waals surface area (Å²) in [6.45, 7) is 7.98. The topological polar surface area (TPSA) is 26.3 Å². The molecule has 0 aliphatic heterocycles. The average Bonchev–Trinajstić information content (AvgIpc) is 2.37. The monoisotopic (exact) mass is 268 g/mol. The van der Waals surface area contributed by atoms with E-state index in [0.29, 0.717) is 5.56 Å². The fourth-order valence-corrected chi connectivity index (χ4v) is 2.64. The normalized spacial score (nSPS) is 10.4. The highest BCUT2D eigenvalue weighted by atomic mass is 16.5. The van der Waals surface area contributed by atoms with Crippen LogP contribution >= 0.6 is 0 Å². The molecule has 2 heteroatoms. The largest absolute Gasteiger partial charge is 0.496 e. The van der Waals surface area contributed by atoms with Gasteiger partial charge in [-0.3, -0.25) is 4.79 Å². The second kappa shape index (κ2) is 5.49. The standard InChI is InChI=1S/C18H20O2/c1-11-8-13(3)17(14(4)9-11)18(19)15-7-6-12(2)16(10-15)20-5/h6-10H,1-5H3. The summed E-state index contributed by atoms with van der Waals surface area (Å²) in [6.07, 6.45) is 0. The van der Waals surface area contributed by atoms with Gasteiger partial charge in [-0.05, 0) is 50.5 Å². The summed E-state index contributed by atoms with van der Waals surface area (Å²) in [5.74, 6) is 0.802. The lowest BCUT2D eigenvalue weighted by Gasteiger charge is -2.12. The van der Waals surface area contributed by atoms with E-state index in [4.69, 9.17) is 4.74 Å². The van der Waals surface area contributed by atoms with Crippen LogP contribution in [0.1, 0.15) is 38.2 Å². The fraction of sp³-hybridized carbons (Fsp3) is 0.278. The molecule has 0 heterocycles. The van der Waals surface area contributed by atoms with Gasteiger partial charge in [-0.1, -0.05) is 29.8 Å². The van der Waals surface area contributed by atoms with Crippen molar-refractivity contribution in [1.82, 2.24) is 0 Å². The summed E-state index contributed by atoms with van der Waals surface area (Å²) in [7, 11) is 1.62. The van der Waals surface area contributed by atoms with Crippen molar-refractivity contribution in [2.75, 3.05) is 7.11 Å². The quantitative estimate of drug-likeness (QED) is 0.781. The number of ketones is 1. The molecule has 0 saturated carbocycles. The molecule has 2 aromatic carbocycles. The molecule has 2 nitrogen and oxygen atoms in total. The van der Waals surface area contributed by atoms with Crippen LogP contribution in [-0.4, -0.2) is 12.9 Å². The minimum absolute atomic E-state index is 0.0540. The van der Waals surface area contributed by atoms with Crippen LogP contribution in [0.15, 0.2) is 30.3 Å². The number of hydrogen-bond donors (Lipinski definition) is 0. The van der Waals surface area contributed by atoms with Gasteiger partial charge < -0.3 is 4.74 Å². The van der Waals surface area contributed by atoms with Crippen molar-refractivity contribution in [1.29, 1.82) is 0 Å². The number of carbonyl (C=O) groups is 1. The summed E-state index contributed by atoms with van der Waals surface area (Å²) >= 11 is 0. The maximum atomic E-state index is 12.7. The van der Waals surface area contributed by atoms with Crippen molar-refractivity contribution in [3.8, 4) is 5.75 Å². The van der Waals surface area contributed by atoms with Gasteiger partial charge in [0.25, 0.3) is 0 Å². The Morgan fingerprint density at radius 1 is 0.900 bits per heavy atom. The van der Waals surface area contributed by atoms with E-state index in [1.165, 1.54) is 5.56 Å². The highest BCUT2D eigenvalue weighted by molar-refractivity contribution is 6.11. The van der Waals surface area contributed by atoms with E-state index in [0.717, 1.165) is 28.0 Å². The molecule has 0 saturated heterocycles. The van der Waals surface area contributed by atoms with Crippen LogP contribution in [0.25, 0.3) is 0 Å². The number of rotatable bonds is 3. The summed E-state index contributed by atoms with van der Waals surface area (Å²) in [5, 5.41) is 0.